The maximum atomic E-state index is 12.2. The number of hydrogen-bond acceptors (Lipinski definition) is 15. The van der Waals surface area contributed by atoms with Gasteiger partial charge in [-0.15, -0.1) is 0 Å². The van der Waals surface area contributed by atoms with E-state index in [1.54, 1.807) is 0 Å². The lowest BCUT2D eigenvalue weighted by molar-refractivity contribution is -0.0918. The summed E-state index contributed by atoms with van der Waals surface area (Å²) < 4.78 is 26.7. The van der Waals surface area contributed by atoms with Gasteiger partial charge in [0.1, 0.15) is 48.5 Å². The number of aliphatic hydroxyl groups excluding tert-OH is 3. The molecule has 218 valence electrons. The first-order valence-corrected chi connectivity index (χ1v) is 14.8. The molecule has 3 aliphatic rings. The summed E-state index contributed by atoms with van der Waals surface area (Å²) in [7, 11) is 0. The molecule has 0 bridgehead atoms. The summed E-state index contributed by atoms with van der Waals surface area (Å²) in [5.41, 5.74) is 4.06. The van der Waals surface area contributed by atoms with Gasteiger partial charge in [-0.3, -0.25) is 22.9 Å². The van der Waals surface area contributed by atoms with E-state index in [9.17, 15) is 30.1 Å². The van der Waals surface area contributed by atoms with Gasteiger partial charge in [-0.2, -0.15) is 0 Å². The van der Waals surface area contributed by atoms with Crippen LogP contribution in [0.4, 0.5) is 5.82 Å². The summed E-state index contributed by atoms with van der Waals surface area (Å²) in [6.45, 7) is -4.72. The van der Waals surface area contributed by atoms with Gasteiger partial charge in [0.2, 0.25) is 5.78 Å². The van der Waals surface area contributed by atoms with Crippen molar-refractivity contribution < 1.29 is 43.8 Å². The number of aliphatic hydroxyl groups is 4. The third-order valence-electron chi connectivity index (χ3n) is 7.50. The molecule has 41 heavy (non-hydrogen) atoms. The van der Waals surface area contributed by atoms with Crippen LogP contribution in [0.1, 0.15) is 12.5 Å². The van der Waals surface area contributed by atoms with Gasteiger partial charge >= 0.3 is 6.72 Å². The first-order valence-electron chi connectivity index (χ1n) is 12.2. The Bertz CT molecular complexity index is 1770. The minimum atomic E-state index is -4.21. The van der Waals surface area contributed by atoms with Gasteiger partial charge in [0.15, 0.2) is 29.5 Å². The van der Waals surface area contributed by atoms with Crippen molar-refractivity contribution in [3.05, 3.63) is 47.7 Å². The zero-order valence-electron chi connectivity index (χ0n) is 20.6. The van der Waals surface area contributed by atoms with E-state index in [4.69, 9.17) is 36.1 Å². The van der Waals surface area contributed by atoms with Crippen LogP contribution >= 0.6 is 6.72 Å². The topological polar surface area (TPSA) is 247 Å². The summed E-state index contributed by atoms with van der Waals surface area (Å²) in [4.78, 5) is 39.3. The average molecular weight is 611 g/mol. The van der Waals surface area contributed by atoms with Gasteiger partial charge in [0.25, 0.3) is 5.56 Å². The van der Waals surface area contributed by atoms with E-state index in [0.717, 1.165) is 0 Å². The van der Waals surface area contributed by atoms with Crippen LogP contribution in [-0.2, 0) is 30.3 Å². The lowest BCUT2D eigenvalue weighted by Gasteiger charge is -2.30. The maximum Gasteiger partial charge on any atom is 0.325 e. The standard InChI is InChI=1S/C21H23N8O10PS/c22-16-10-17(25-6-24-16)29(7-26-10)18-12(32)11(31)8(37-18)5-36-40(35,41)39-15-19(38-14-13(33)21(14,15)34)28-3-1-9(30)27-4-2-23-20(27)28/h1-4,6-8,11-15,18-19,31-34H,5H2,(H,35,41)(H2,22,24,25)/t8-,11-,12-,13?,14-,15+,18-,19-,21-,40?/m1/s1. The molecule has 2 saturated heterocycles. The van der Waals surface area contributed by atoms with E-state index in [2.05, 4.69) is 19.9 Å². The van der Waals surface area contributed by atoms with Crippen molar-refractivity contribution in [3.8, 4) is 0 Å². The van der Waals surface area contributed by atoms with E-state index in [0.29, 0.717) is 0 Å². The van der Waals surface area contributed by atoms with E-state index in [1.165, 1.54) is 50.8 Å². The van der Waals surface area contributed by atoms with Crippen LogP contribution in [-0.4, -0.2) is 108 Å². The number of nitrogen functional groups attached to an aromatic ring is 1. The zero-order valence-corrected chi connectivity index (χ0v) is 22.3. The molecule has 3 fully saturated rings. The largest absolute Gasteiger partial charge is 0.387 e. The van der Waals surface area contributed by atoms with Gasteiger partial charge in [0, 0.05) is 24.7 Å². The van der Waals surface area contributed by atoms with Gasteiger partial charge in [0.05, 0.1) is 12.9 Å². The number of ether oxygens (including phenoxy) is 2. The van der Waals surface area contributed by atoms with E-state index >= 15 is 0 Å². The van der Waals surface area contributed by atoms with Crippen LogP contribution in [0.25, 0.3) is 16.9 Å². The Morgan fingerprint density at radius 2 is 1.90 bits per heavy atom. The van der Waals surface area contributed by atoms with Crippen LogP contribution in [0.3, 0.4) is 0 Å². The summed E-state index contributed by atoms with van der Waals surface area (Å²) in [6, 6.07) is 1.25. The second-order valence-electron chi connectivity index (χ2n) is 9.86. The summed E-state index contributed by atoms with van der Waals surface area (Å²) >= 11 is 5.18. The quantitative estimate of drug-likeness (QED) is 0.115. The van der Waals surface area contributed by atoms with Crippen molar-refractivity contribution in [2.45, 2.75) is 54.7 Å². The second-order valence-corrected chi connectivity index (χ2v) is 12.6. The van der Waals surface area contributed by atoms with Gasteiger partial charge < -0.3 is 45.1 Å². The number of nitrogens with two attached hydrogens (primary N) is 1. The number of nitrogens with zero attached hydrogens (tertiary/aromatic N) is 7. The molecular formula is C21H23N8O10PS. The molecule has 0 spiro atoms. The zero-order chi connectivity index (χ0) is 28.8. The SMILES string of the molecule is Nc1ncnc2c1ncn2[C@@H]1O[C@H](COP(O)(=S)O[C@H]2[C@H](n3ccc(=O)n4ccnc34)O[C@@H]3C(O)[C@@]32O)[C@@H](O)[C@H]1O. The molecule has 7 rings (SSSR count). The molecule has 2 aliphatic heterocycles. The lowest BCUT2D eigenvalue weighted by Crippen LogP contribution is -2.39. The fourth-order valence-electron chi connectivity index (χ4n) is 5.30. The second kappa shape index (κ2) is 9.28. The smallest absolute Gasteiger partial charge is 0.325 e. The molecule has 0 radical (unpaired) electrons. The number of fused-ring (bicyclic) bond motifs is 3. The molecule has 18 nitrogen and oxygen atoms in total. The highest BCUT2D eigenvalue weighted by Crippen LogP contribution is 2.60. The minimum absolute atomic E-state index is 0.120. The van der Waals surface area contributed by atoms with Crippen molar-refractivity contribution >= 4 is 41.3 Å². The summed E-state index contributed by atoms with van der Waals surface area (Å²) in [5, 5.41) is 42.6. The third-order valence-corrected chi connectivity index (χ3v) is 9.04. The molecule has 4 aromatic heterocycles. The predicted octanol–water partition coefficient (Wildman–Crippen LogP) is -2.84. The van der Waals surface area contributed by atoms with Crippen LogP contribution in [0, 0.1) is 0 Å². The van der Waals surface area contributed by atoms with Crippen molar-refractivity contribution in [2.75, 3.05) is 12.3 Å². The molecule has 2 unspecified atom stereocenters. The number of hydrogen-bond donors (Lipinski definition) is 6. The summed E-state index contributed by atoms with van der Waals surface area (Å²) in [5.74, 6) is 0.276. The van der Waals surface area contributed by atoms with E-state index < -0.39 is 68.0 Å². The number of anilines is 1. The molecule has 6 heterocycles. The van der Waals surface area contributed by atoms with Crippen molar-refractivity contribution in [1.82, 2.24) is 33.5 Å². The monoisotopic (exact) mass is 610 g/mol. The van der Waals surface area contributed by atoms with Crippen LogP contribution < -0.4 is 11.3 Å². The fourth-order valence-corrected chi connectivity index (χ4v) is 6.72. The highest BCUT2D eigenvalue weighted by atomic mass is 32.5. The van der Waals surface area contributed by atoms with E-state index in [-0.39, 0.29) is 28.3 Å². The Morgan fingerprint density at radius 1 is 1.10 bits per heavy atom. The van der Waals surface area contributed by atoms with Crippen molar-refractivity contribution in [3.63, 3.8) is 0 Å². The Labute approximate surface area is 233 Å². The predicted molar refractivity (Wildman–Crippen MR) is 137 cm³/mol. The molecule has 1 aliphatic carbocycles. The molecule has 0 amide bonds. The van der Waals surface area contributed by atoms with Gasteiger partial charge in [-0.1, -0.05) is 0 Å². The first-order chi connectivity index (χ1) is 19.5. The number of aromatic nitrogens is 7. The highest BCUT2D eigenvalue weighted by molar-refractivity contribution is 8.07. The molecule has 4 aromatic rings. The Morgan fingerprint density at radius 3 is 2.71 bits per heavy atom. The summed E-state index contributed by atoms with van der Waals surface area (Å²) in [6.07, 6.45) is -3.45. The normalized spacial score (nSPS) is 36.1. The molecule has 20 heteroatoms. The fraction of sp³-hybridized carbons (Fsp3) is 0.476. The lowest BCUT2D eigenvalue weighted by atomic mass is 10.1. The maximum absolute atomic E-state index is 12.2. The first kappa shape index (κ1) is 26.9. The van der Waals surface area contributed by atoms with Crippen LogP contribution in [0.2, 0.25) is 0 Å². The molecule has 1 saturated carbocycles. The van der Waals surface area contributed by atoms with Gasteiger partial charge in [-0.25, -0.2) is 19.9 Å². The number of rotatable bonds is 7. The molecule has 10 atom stereocenters. The third kappa shape index (κ3) is 4.05. The molecular weight excluding hydrogens is 587 g/mol. The van der Waals surface area contributed by atoms with Crippen molar-refractivity contribution in [2.24, 2.45) is 0 Å². The number of imidazole rings is 2. The van der Waals surface area contributed by atoms with Gasteiger partial charge in [-0.05, 0) is 11.8 Å². The average Bonchev–Trinajstić information content (AvgIpc) is 3.52. The minimum Gasteiger partial charge on any atom is -0.387 e. The van der Waals surface area contributed by atoms with Crippen molar-refractivity contribution in [1.29, 1.82) is 0 Å². The van der Waals surface area contributed by atoms with Crippen LogP contribution in [0.5, 0.6) is 0 Å². The Hall–Kier alpha value is -2.94. The van der Waals surface area contributed by atoms with E-state index in [1.807, 2.05) is 0 Å². The Kier molecular flexibility index (Phi) is 6.10. The molecule has 0 aromatic carbocycles. The Balaban J connectivity index is 1.09. The molecule has 7 N–H and O–H groups in total. The highest BCUT2D eigenvalue weighted by Gasteiger charge is 2.78. The van der Waals surface area contributed by atoms with Crippen LogP contribution in [0.15, 0.2) is 42.1 Å².